The van der Waals surface area contributed by atoms with Gasteiger partial charge in [0.25, 0.3) is 0 Å². The predicted molar refractivity (Wildman–Crippen MR) is 105 cm³/mol. The van der Waals surface area contributed by atoms with Crippen LogP contribution >= 0.6 is 24.0 Å². The molecule has 0 radical (unpaired) electrons. The molecule has 2 aliphatic rings. The molecule has 23 heavy (non-hydrogen) atoms. The van der Waals surface area contributed by atoms with Crippen molar-refractivity contribution in [3.8, 4) is 0 Å². The minimum absolute atomic E-state index is 0. The minimum atomic E-state index is 0. The standard InChI is InChI=1S/C16H32N4O2.HI/c1-4-17-15(18-12-14-6-5-9-22-14)19-13-16(20(2)3)7-10-21-11-8-16;/h14H,4-13H2,1-3H3,(H2,17,18,19);1H. The van der Waals surface area contributed by atoms with E-state index in [1.807, 2.05) is 0 Å². The van der Waals surface area contributed by atoms with E-state index in [0.717, 1.165) is 64.7 Å². The molecule has 0 aromatic carbocycles. The van der Waals surface area contributed by atoms with Crippen LogP contribution in [-0.2, 0) is 9.47 Å². The molecule has 0 bridgehead atoms. The van der Waals surface area contributed by atoms with E-state index in [0.29, 0.717) is 6.10 Å². The van der Waals surface area contributed by atoms with Gasteiger partial charge in [-0.25, -0.2) is 0 Å². The fraction of sp³-hybridized carbons (Fsp3) is 0.938. The number of hydrogen-bond donors (Lipinski definition) is 2. The maximum Gasteiger partial charge on any atom is 0.191 e. The van der Waals surface area contributed by atoms with Gasteiger partial charge in [0.1, 0.15) is 0 Å². The molecular weight excluding hydrogens is 407 g/mol. The fourth-order valence-electron chi connectivity index (χ4n) is 3.08. The van der Waals surface area contributed by atoms with Gasteiger partial charge in [-0.05, 0) is 46.7 Å². The third kappa shape index (κ3) is 6.36. The minimum Gasteiger partial charge on any atom is -0.381 e. The maximum absolute atomic E-state index is 5.66. The Labute approximate surface area is 157 Å². The van der Waals surface area contributed by atoms with Gasteiger partial charge in [0, 0.05) is 38.4 Å². The van der Waals surface area contributed by atoms with Gasteiger partial charge in [-0.15, -0.1) is 24.0 Å². The monoisotopic (exact) mass is 440 g/mol. The Morgan fingerprint density at radius 1 is 1.22 bits per heavy atom. The van der Waals surface area contributed by atoms with Crippen molar-refractivity contribution in [3.63, 3.8) is 0 Å². The zero-order valence-corrected chi connectivity index (χ0v) is 17.1. The number of guanidine groups is 1. The Morgan fingerprint density at radius 2 is 1.96 bits per heavy atom. The van der Waals surface area contributed by atoms with E-state index >= 15 is 0 Å². The lowest BCUT2D eigenvalue weighted by atomic mass is 9.89. The molecule has 2 fully saturated rings. The van der Waals surface area contributed by atoms with E-state index in [1.165, 1.54) is 6.42 Å². The van der Waals surface area contributed by atoms with Gasteiger partial charge in [0.15, 0.2) is 5.96 Å². The molecular formula is C16H33IN4O2. The van der Waals surface area contributed by atoms with Crippen LogP contribution in [0, 0.1) is 0 Å². The molecule has 2 N–H and O–H groups in total. The number of nitrogens with one attached hydrogen (secondary N) is 2. The van der Waals surface area contributed by atoms with Gasteiger partial charge >= 0.3 is 0 Å². The maximum atomic E-state index is 5.66. The Bertz CT molecular complexity index is 354. The average molecular weight is 440 g/mol. The third-order valence-corrected chi connectivity index (χ3v) is 4.77. The summed E-state index contributed by atoms with van der Waals surface area (Å²) in [6, 6.07) is 0. The van der Waals surface area contributed by atoms with Crippen LogP contribution in [0.4, 0.5) is 0 Å². The van der Waals surface area contributed by atoms with Crippen molar-refractivity contribution in [1.82, 2.24) is 15.5 Å². The zero-order valence-electron chi connectivity index (χ0n) is 14.8. The Balaban J connectivity index is 0.00000264. The number of hydrogen-bond acceptors (Lipinski definition) is 4. The van der Waals surface area contributed by atoms with Crippen LogP contribution < -0.4 is 10.6 Å². The molecule has 6 nitrogen and oxygen atoms in total. The van der Waals surface area contributed by atoms with Crippen LogP contribution in [0.5, 0.6) is 0 Å². The lowest BCUT2D eigenvalue weighted by molar-refractivity contribution is -0.00255. The average Bonchev–Trinajstić information content (AvgIpc) is 3.04. The molecule has 1 unspecified atom stereocenters. The number of ether oxygens (including phenoxy) is 2. The summed E-state index contributed by atoms with van der Waals surface area (Å²) in [5, 5.41) is 6.76. The van der Waals surface area contributed by atoms with Gasteiger partial charge in [0.2, 0.25) is 0 Å². The largest absolute Gasteiger partial charge is 0.381 e. The van der Waals surface area contributed by atoms with Gasteiger partial charge in [0.05, 0.1) is 12.6 Å². The summed E-state index contributed by atoms with van der Waals surface area (Å²) < 4.78 is 11.2. The predicted octanol–water partition coefficient (Wildman–Crippen LogP) is 1.45. The van der Waals surface area contributed by atoms with Gasteiger partial charge < -0.3 is 25.0 Å². The van der Waals surface area contributed by atoms with Crippen molar-refractivity contribution in [2.24, 2.45) is 4.99 Å². The lowest BCUT2D eigenvalue weighted by Gasteiger charge is -2.41. The SMILES string of the molecule is CCNC(=NCC1(N(C)C)CCOCC1)NCC1CCCO1.I. The van der Waals surface area contributed by atoms with Crippen molar-refractivity contribution in [2.45, 2.75) is 44.2 Å². The summed E-state index contributed by atoms with van der Waals surface area (Å²) in [4.78, 5) is 7.14. The van der Waals surface area contributed by atoms with Gasteiger partial charge in [-0.3, -0.25) is 4.99 Å². The second-order valence-corrected chi connectivity index (χ2v) is 6.44. The van der Waals surface area contributed by atoms with Gasteiger partial charge in [-0.2, -0.15) is 0 Å². The van der Waals surface area contributed by atoms with Crippen LogP contribution in [0.25, 0.3) is 0 Å². The number of nitrogens with zero attached hydrogens (tertiary/aromatic N) is 2. The first-order valence-electron chi connectivity index (χ1n) is 8.55. The molecule has 1 atom stereocenters. The highest BCUT2D eigenvalue weighted by atomic mass is 127. The molecule has 7 heteroatoms. The molecule has 0 aromatic heterocycles. The molecule has 2 heterocycles. The summed E-state index contributed by atoms with van der Waals surface area (Å²) in [6.45, 7) is 7.15. The first kappa shape index (κ1) is 20.9. The molecule has 2 saturated heterocycles. The van der Waals surface area contributed by atoms with Crippen molar-refractivity contribution in [1.29, 1.82) is 0 Å². The second-order valence-electron chi connectivity index (χ2n) is 6.44. The van der Waals surface area contributed by atoms with E-state index < -0.39 is 0 Å². The normalized spacial score (nSPS) is 24.3. The molecule has 2 rings (SSSR count). The van der Waals surface area contributed by atoms with Crippen molar-refractivity contribution >= 4 is 29.9 Å². The number of halogens is 1. The van der Waals surface area contributed by atoms with E-state index in [9.17, 15) is 0 Å². The van der Waals surface area contributed by atoms with E-state index in [1.54, 1.807) is 0 Å². The first-order valence-corrected chi connectivity index (χ1v) is 8.55. The Hall–Kier alpha value is -0.120. The topological polar surface area (TPSA) is 58.1 Å². The van der Waals surface area contributed by atoms with E-state index in [-0.39, 0.29) is 29.5 Å². The molecule has 0 aliphatic carbocycles. The Kier molecular flexibility index (Phi) is 9.72. The number of aliphatic imine (C=N–C) groups is 1. The van der Waals surface area contributed by atoms with Crippen LogP contribution in [-0.4, -0.2) is 76.1 Å². The summed E-state index contributed by atoms with van der Waals surface area (Å²) in [5.74, 6) is 0.894. The second kappa shape index (κ2) is 10.7. The molecule has 0 aromatic rings. The summed E-state index contributed by atoms with van der Waals surface area (Å²) in [5.41, 5.74) is 0.116. The van der Waals surface area contributed by atoms with E-state index in [4.69, 9.17) is 14.5 Å². The fourth-order valence-corrected chi connectivity index (χ4v) is 3.08. The number of rotatable bonds is 6. The van der Waals surface area contributed by atoms with Crippen LogP contribution in [0.1, 0.15) is 32.6 Å². The highest BCUT2D eigenvalue weighted by Crippen LogP contribution is 2.26. The van der Waals surface area contributed by atoms with Gasteiger partial charge in [-0.1, -0.05) is 0 Å². The zero-order chi connectivity index (χ0) is 15.8. The first-order chi connectivity index (χ1) is 10.7. The number of likely N-dealkylation sites (N-methyl/N-ethyl adjacent to an activating group) is 1. The molecule has 0 spiro atoms. The quantitative estimate of drug-likeness (QED) is 0.372. The highest BCUT2D eigenvalue weighted by molar-refractivity contribution is 14.0. The van der Waals surface area contributed by atoms with Crippen molar-refractivity contribution in [3.05, 3.63) is 0 Å². The van der Waals surface area contributed by atoms with Crippen molar-refractivity contribution in [2.75, 3.05) is 53.6 Å². The molecule has 0 saturated carbocycles. The highest BCUT2D eigenvalue weighted by Gasteiger charge is 2.34. The van der Waals surface area contributed by atoms with Crippen LogP contribution in [0.2, 0.25) is 0 Å². The lowest BCUT2D eigenvalue weighted by Crippen LogP contribution is -2.52. The summed E-state index contributed by atoms with van der Waals surface area (Å²) >= 11 is 0. The van der Waals surface area contributed by atoms with Crippen LogP contribution in [0.3, 0.4) is 0 Å². The summed E-state index contributed by atoms with van der Waals surface area (Å²) in [6.07, 6.45) is 4.72. The van der Waals surface area contributed by atoms with Crippen molar-refractivity contribution < 1.29 is 9.47 Å². The van der Waals surface area contributed by atoms with Crippen LogP contribution in [0.15, 0.2) is 4.99 Å². The molecule has 2 aliphatic heterocycles. The Morgan fingerprint density at radius 3 is 2.52 bits per heavy atom. The molecule has 136 valence electrons. The summed E-state index contributed by atoms with van der Waals surface area (Å²) in [7, 11) is 4.29. The third-order valence-electron chi connectivity index (χ3n) is 4.77. The van der Waals surface area contributed by atoms with E-state index in [2.05, 4.69) is 36.6 Å². The molecule has 0 amide bonds. The smallest absolute Gasteiger partial charge is 0.191 e.